The van der Waals surface area contributed by atoms with Crippen molar-refractivity contribution in [2.45, 2.75) is 18.1 Å². The standard InChI is InChI=1S/C11H18N4S/c1-15(2)11-12-6-5-10(14-11)13-8-9-4-3-7-16-9/h5-6,9H,3-4,7-8H2,1-2H3,(H,12,13,14). The Balaban J connectivity index is 1.90. The molecule has 1 saturated heterocycles. The first kappa shape index (κ1) is 11.5. The van der Waals surface area contributed by atoms with Crippen LogP contribution in [0.5, 0.6) is 0 Å². The summed E-state index contributed by atoms with van der Waals surface area (Å²) in [5.74, 6) is 2.98. The zero-order valence-corrected chi connectivity index (χ0v) is 10.6. The lowest BCUT2D eigenvalue weighted by molar-refractivity contribution is 0.802. The summed E-state index contributed by atoms with van der Waals surface area (Å²) in [5, 5.41) is 4.13. The molecule has 5 heteroatoms. The Kier molecular flexibility index (Phi) is 3.88. The third kappa shape index (κ3) is 3.01. The lowest BCUT2D eigenvalue weighted by atomic mass is 10.2. The fraction of sp³-hybridized carbons (Fsp3) is 0.636. The zero-order valence-electron chi connectivity index (χ0n) is 9.81. The number of nitrogens with zero attached hydrogens (tertiary/aromatic N) is 3. The van der Waals surface area contributed by atoms with Gasteiger partial charge in [0.2, 0.25) is 5.95 Å². The highest BCUT2D eigenvalue weighted by Crippen LogP contribution is 2.26. The quantitative estimate of drug-likeness (QED) is 0.867. The molecule has 1 aromatic rings. The third-order valence-electron chi connectivity index (χ3n) is 2.58. The minimum Gasteiger partial charge on any atom is -0.369 e. The Bertz CT molecular complexity index is 337. The predicted molar refractivity (Wildman–Crippen MR) is 70.3 cm³/mol. The number of nitrogens with one attached hydrogen (secondary N) is 1. The molecule has 1 fully saturated rings. The Morgan fingerprint density at radius 3 is 3.12 bits per heavy atom. The summed E-state index contributed by atoms with van der Waals surface area (Å²) in [4.78, 5) is 10.5. The minimum atomic E-state index is 0.748. The monoisotopic (exact) mass is 238 g/mol. The van der Waals surface area contributed by atoms with Gasteiger partial charge in [-0.3, -0.25) is 0 Å². The van der Waals surface area contributed by atoms with E-state index in [2.05, 4.69) is 27.0 Å². The fourth-order valence-corrected chi connectivity index (χ4v) is 2.89. The summed E-state index contributed by atoms with van der Waals surface area (Å²) in [6.07, 6.45) is 4.47. The van der Waals surface area contributed by atoms with E-state index < -0.39 is 0 Å². The van der Waals surface area contributed by atoms with Gasteiger partial charge in [-0.25, -0.2) is 4.98 Å². The van der Waals surface area contributed by atoms with Crippen molar-refractivity contribution in [2.75, 3.05) is 36.6 Å². The Labute approximate surface area is 101 Å². The molecule has 2 heterocycles. The molecule has 0 spiro atoms. The Morgan fingerprint density at radius 1 is 1.56 bits per heavy atom. The molecule has 0 amide bonds. The van der Waals surface area contributed by atoms with Gasteiger partial charge in [-0.15, -0.1) is 0 Å². The smallest absolute Gasteiger partial charge is 0.226 e. The second-order valence-electron chi connectivity index (χ2n) is 4.15. The maximum atomic E-state index is 4.43. The van der Waals surface area contributed by atoms with E-state index in [1.807, 2.05) is 25.1 Å². The van der Waals surface area contributed by atoms with E-state index in [-0.39, 0.29) is 0 Å². The van der Waals surface area contributed by atoms with Crippen LogP contribution < -0.4 is 10.2 Å². The van der Waals surface area contributed by atoms with Gasteiger partial charge in [-0.1, -0.05) is 0 Å². The van der Waals surface area contributed by atoms with E-state index in [1.165, 1.54) is 18.6 Å². The molecular weight excluding hydrogens is 220 g/mol. The summed E-state index contributed by atoms with van der Waals surface area (Å²) in [6.45, 7) is 1.01. The van der Waals surface area contributed by atoms with Crippen molar-refractivity contribution in [2.24, 2.45) is 0 Å². The van der Waals surface area contributed by atoms with Gasteiger partial charge in [-0.05, 0) is 24.7 Å². The van der Waals surface area contributed by atoms with Crippen molar-refractivity contribution in [3.05, 3.63) is 12.3 Å². The Hall–Kier alpha value is -0.970. The lowest BCUT2D eigenvalue weighted by Crippen LogP contribution is -2.17. The molecule has 0 saturated carbocycles. The molecule has 0 aromatic carbocycles. The van der Waals surface area contributed by atoms with Gasteiger partial charge in [-0.2, -0.15) is 16.7 Å². The van der Waals surface area contributed by atoms with Crippen molar-refractivity contribution in [3.8, 4) is 0 Å². The van der Waals surface area contributed by atoms with E-state index in [0.717, 1.165) is 23.6 Å². The second-order valence-corrected chi connectivity index (χ2v) is 5.56. The summed E-state index contributed by atoms with van der Waals surface area (Å²) < 4.78 is 0. The van der Waals surface area contributed by atoms with Gasteiger partial charge >= 0.3 is 0 Å². The van der Waals surface area contributed by atoms with Crippen LogP contribution in [0.3, 0.4) is 0 Å². The molecule has 0 bridgehead atoms. The summed E-state index contributed by atoms with van der Waals surface area (Å²) >= 11 is 2.06. The number of aromatic nitrogens is 2. The van der Waals surface area contributed by atoms with E-state index in [1.54, 1.807) is 6.20 Å². The van der Waals surface area contributed by atoms with Gasteiger partial charge < -0.3 is 10.2 Å². The van der Waals surface area contributed by atoms with Gasteiger partial charge in [0.05, 0.1) is 0 Å². The third-order valence-corrected chi connectivity index (χ3v) is 3.98. The first-order chi connectivity index (χ1) is 7.75. The van der Waals surface area contributed by atoms with Gasteiger partial charge in [0.25, 0.3) is 0 Å². The zero-order chi connectivity index (χ0) is 11.4. The van der Waals surface area contributed by atoms with Crippen LogP contribution in [0, 0.1) is 0 Å². The normalized spacial score (nSPS) is 19.8. The van der Waals surface area contributed by atoms with Gasteiger partial charge in [0, 0.05) is 32.1 Å². The summed E-state index contributed by atoms with van der Waals surface area (Å²) in [6, 6.07) is 1.92. The van der Waals surface area contributed by atoms with Crippen molar-refractivity contribution < 1.29 is 0 Å². The number of anilines is 2. The first-order valence-electron chi connectivity index (χ1n) is 5.61. The minimum absolute atomic E-state index is 0.748. The molecule has 2 rings (SSSR count). The van der Waals surface area contributed by atoms with Crippen molar-refractivity contribution in [1.82, 2.24) is 9.97 Å². The molecule has 1 aliphatic heterocycles. The molecule has 16 heavy (non-hydrogen) atoms. The topological polar surface area (TPSA) is 41.1 Å². The average Bonchev–Trinajstić information content (AvgIpc) is 2.79. The molecule has 0 aliphatic carbocycles. The highest BCUT2D eigenvalue weighted by atomic mass is 32.2. The molecule has 1 aliphatic rings. The van der Waals surface area contributed by atoms with Crippen molar-refractivity contribution in [1.29, 1.82) is 0 Å². The molecule has 88 valence electrons. The molecule has 1 aromatic heterocycles. The van der Waals surface area contributed by atoms with Crippen molar-refractivity contribution >= 4 is 23.5 Å². The van der Waals surface area contributed by atoms with E-state index in [0.29, 0.717) is 0 Å². The van der Waals surface area contributed by atoms with E-state index in [4.69, 9.17) is 0 Å². The number of thioether (sulfide) groups is 1. The number of hydrogen-bond acceptors (Lipinski definition) is 5. The summed E-state index contributed by atoms with van der Waals surface area (Å²) in [7, 11) is 3.90. The van der Waals surface area contributed by atoms with Crippen LogP contribution in [-0.2, 0) is 0 Å². The van der Waals surface area contributed by atoms with Crippen LogP contribution in [-0.4, -0.2) is 41.6 Å². The highest BCUT2D eigenvalue weighted by molar-refractivity contribution is 8.00. The molecule has 0 radical (unpaired) electrons. The maximum absolute atomic E-state index is 4.43. The van der Waals surface area contributed by atoms with E-state index in [9.17, 15) is 0 Å². The Morgan fingerprint density at radius 2 is 2.44 bits per heavy atom. The van der Waals surface area contributed by atoms with Gasteiger partial charge in [0.15, 0.2) is 0 Å². The molecule has 4 nitrogen and oxygen atoms in total. The second kappa shape index (κ2) is 5.39. The largest absolute Gasteiger partial charge is 0.369 e. The van der Waals surface area contributed by atoms with Crippen LogP contribution in [0.15, 0.2) is 12.3 Å². The van der Waals surface area contributed by atoms with Crippen LogP contribution in [0.4, 0.5) is 11.8 Å². The van der Waals surface area contributed by atoms with Crippen LogP contribution in [0.1, 0.15) is 12.8 Å². The van der Waals surface area contributed by atoms with Gasteiger partial charge in [0.1, 0.15) is 5.82 Å². The van der Waals surface area contributed by atoms with E-state index >= 15 is 0 Å². The van der Waals surface area contributed by atoms with Crippen LogP contribution in [0.25, 0.3) is 0 Å². The summed E-state index contributed by atoms with van der Waals surface area (Å²) in [5.41, 5.74) is 0. The highest BCUT2D eigenvalue weighted by Gasteiger charge is 2.15. The number of rotatable bonds is 4. The number of hydrogen-bond donors (Lipinski definition) is 1. The fourth-order valence-electron chi connectivity index (χ4n) is 1.69. The predicted octanol–water partition coefficient (Wildman–Crippen LogP) is 1.85. The maximum Gasteiger partial charge on any atom is 0.226 e. The molecular formula is C11H18N4S. The molecule has 1 unspecified atom stereocenters. The lowest BCUT2D eigenvalue weighted by Gasteiger charge is -2.13. The van der Waals surface area contributed by atoms with Crippen molar-refractivity contribution in [3.63, 3.8) is 0 Å². The molecule has 1 atom stereocenters. The molecule has 1 N–H and O–H groups in total. The average molecular weight is 238 g/mol. The van der Waals surface area contributed by atoms with Crippen LogP contribution in [0.2, 0.25) is 0 Å². The van der Waals surface area contributed by atoms with Crippen LogP contribution >= 0.6 is 11.8 Å². The first-order valence-corrected chi connectivity index (χ1v) is 6.66. The SMILES string of the molecule is CN(C)c1nccc(NCC2CCCS2)n1.